The van der Waals surface area contributed by atoms with Crippen molar-refractivity contribution >= 4 is 11.8 Å². The van der Waals surface area contributed by atoms with E-state index in [4.69, 9.17) is 9.47 Å². The molecule has 2 aliphatic heterocycles. The number of piperazine rings is 1. The fourth-order valence-electron chi connectivity index (χ4n) is 2.92. The van der Waals surface area contributed by atoms with Gasteiger partial charge in [-0.3, -0.25) is 14.5 Å². The molecule has 2 heterocycles. The summed E-state index contributed by atoms with van der Waals surface area (Å²) in [6.07, 6.45) is -0.187. The van der Waals surface area contributed by atoms with Gasteiger partial charge in [0.1, 0.15) is 6.61 Å². The van der Waals surface area contributed by atoms with Crippen molar-refractivity contribution in [1.82, 2.24) is 15.1 Å². The van der Waals surface area contributed by atoms with Crippen LogP contribution in [0.1, 0.15) is 6.92 Å². The summed E-state index contributed by atoms with van der Waals surface area (Å²) < 4.78 is 11.6. The van der Waals surface area contributed by atoms with Crippen molar-refractivity contribution < 1.29 is 19.1 Å². The lowest BCUT2D eigenvalue weighted by Crippen LogP contribution is -2.52. The Morgan fingerprint density at radius 3 is 2.92 bits per heavy atom. The maximum atomic E-state index is 12.5. The highest BCUT2D eigenvalue weighted by atomic mass is 16.6. The van der Waals surface area contributed by atoms with Crippen molar-refractivity contribution in [3.05, 3.63) is 24.3 Å². The lowest BCUT2D eigenvalue weighted by molar-refractivity contribution is -0.135. The summed E-state index contributed by atoms with van der Waals surface area (Å²) in [4.78, 5) is 27.6. The largest absolute Gasteiger partial charge is 0.486 e. The van der Waals surface area contributed by atoms with E-state index in [1.165, 1.54) is 0 Å². The first-order valence-electron chi connectivity index (χ1n) is 8.31. The quantitative estimate of drug-likeness (QED) is 0.828. The minimum absolute atomic E-state index is 0.00894. The van der Waals surface area contributed by atoms with E-state index in [9.17, 15) is 9.59 Å². The number of fused-ring (bicyclic) bond motifs is 1. The van der Waals surface area contributed by atoms with Gasteiger partial charge in [0.2, 0.25) is 11.8 Å². The summed E-state index contributed by atoms with van der Waals surface area (Å²) in [6.45, 7) is 5.26. The summed E-state index contributed by atoms with van der Waals surface area (Å²) in [5.41, 5.74) is 0. The molecule has 1 fully saturated rings. The molecule has 1 aromatic rings. The van der Waals surface area contributed by atoms with Crippen LogP contribution in [0.2, 0.25) is 0 Å². The van der Waals surface area contributed by atoms with Crippen LogP contribution in [0, 0.1) is 0 Å². The van der Waals surface area contributed by atoms with Gasteiger partial charge in [0, 0.05) is 19.6 Å². The van der Waals surface area contributed by atoms with E-state index in [1.807, 2.05) is 36.1 Å². The maximum absolute atomic E-state index is 12.5. The van der Waals surface area contributed by atoms with Gasteiger partial charge < -0.3 is 19.7 Å². The standard InChI is InChI=1S/C17H23N3O4/c1-2-20(17(22)11-19-8-7-18-16(21)10-19)9-13-12-23-14-5-3-4-6-15(14)24-13/h3-6,13H,2,7-12H2,1H3,(H,18,21)/t13-/m1/s1. The molecule has 0 aromatic heterocycles. The van der Waals surface area contributed by atoms with E-state index in [2.05, 4.69) is 5.32 Å². The Hall–Kier alpha value is -2.28. The third-order valence-corrected chi connectivity index (χ3v) is 4.20. The number of rotatable bonds is 5. The number of ether oxygens (including phenoxy) is 2. The second kappa shape index (κ2) is 7.53. The SMILES string of the molecule is CCN(C[C@@H]1COc2ccccc2O1)C(=O)CN1CCNC(=O)C1. The Balaban J connectivity index is 1.54. The molecular weight excluding hydrogens is 310 g/mol. The first kappa shape index (κ1) is 16.6. The van der Waals surface area contributed by atoms with Crippen LogP contribution in [0.15, 0.2) is 24.3 Å². The van der Waals surface area contributed by atoms with Crippen LogP contribution >= 0.6 is 0 Å². The van der Waals surface area contributed by atoms with E-state index in [1.54, 1.807) is 4.90 Å². The van der Waals surface area contributed by atoms with Crippen molar-refractivity contribution in [2.24, 2.45) is 0 Å². The fourth-order valence-corrected chi connectivity index (χ4v) is 2.92. The van der Waals surface area contributed by atoms with Gasteiger partial charge in [0.15, 0.2) is 17.6 Å². The predicted octanol–water partition coefficient (Wildman–Crippen LogP) is 0.107. The molecule has 0 spiro atoms. The fraction of sp³-hybridized carbons (Fsp3) is 0.529. The van der Waals surface area contributed by atoms with Crippen molar-refractivity contribution in [2.45, 2.75) is 13.0 Å². The van der Waals surface area contributed by atoms with E-state index < -0.39 is 0 Å². The number of hydrogen-bond donors (Lipinski definition) is 1. The molecule has 7 nitrogen and oxygen atoms in total. The van der Waals surface area contributed by atoms with Crippen LogP contribution in [0.4, 0.5) is 0 Å². The molecule has 2 aliphatic rings. The number of nitrogens with one attached hydrogen (secondary N) is 1. The molecule has 0 bridgehead atoms. The molecule has 1 N–H and O–H groups in total. The average molecular weight is 333 g/mol. The Labute approximate surface area is 141 Å². The summed E-state index contributed by atoms with van der Waals surface area (Å²) in [5, 5.41) is 2.76. The molecule has 0 saturated carbocycles. The minimum atomic E-state index is -0.187. The average Bonchev–Trinajstić information content (AvgIpc) is 2.59. The number of para-hydroxylation sites is 2. The molecule has 7 heteroatoms. The van der Waals surface area contributed by atoms with Crippen LogP contribution in [0.3, 0.4) is 0 Å². The Morgan fingerprint density at radius 1 is 1.38 bits per heavy atom. The zero-order valence-electron chi connectivity index (χ0n) is 13.9. The molecule has 2 amide bonds. The van der Waals surface area contributed by atoms with Crippen molar-refractivity contribution in [3.63, 3.8) is 0 Å². The van der Waals surface area contributed by atoms with E-state index >= 15 is 0 Å². The molecule has 0 unspecified atom stereocenters. The van der Waals surface area contributed by atoms with Crippen LogP contribution in [-0.4, -0.2) is 73.6 Å². The second-order valence-electron chi connectivity index (χ2n) is 5.99. The predicted molar refractivity (Wildman–Crippen MR) is 88.1 cm³/mol. The molecular formula is C17H23N3O4. The monoisotopic (exact) mass is 333 g/mol. The lowest BCUT2D eigenvalue weighted by atomic mass is 10.2. The molecule has 130 valence electrons. The summed E-state index contributed by atoms with van der Waals surface area (Å²) in [7, 11) is 0. The van der Waals surface area contributed by atoms with E-state index in [0.29, 0.717) is 38.5 Å². The number of nitrogens with zero attached hydrogens (tertiary/aromatic N) is 2. The normalized spacial score (nSPS) is 20.4. The topological polar surface area (TPSA) is 71.1 Å². The number of hydrogen-bond acceptors (Lipinski definition) is 5. The minimum Gasteiger partial charge on any atom is -0.486 e. The maximum Gasteiger partial charge on any atom is 0.236 e. The molecule has 1 saturated heterocycles. The zero-order valence-corrected chi connectivity index (χ0v) is 13.9. The van der Waals surface area contributed by atoms with Gasteiger partial charge in [-0.2, -0.15) is 0 Å². The second-order valence-corrected chi connectivity index (χ2v) is 5.99. The molecule has 1 aromatic carbocycles. The highest BCUT2D eigenvalue weighted by Gasteiger charge is 2.26. The summed E-state index contributed by atoms with van der Waals surface area (Å²) in [6, 6.07) is 7.54. The summed E-state index contributed by atoms with van der Waals surface area (Å²) >= 11 is 0. The first-order valence-corrected chi connectivity index (χ1v) is 8.31. The Kier molecular flexibility index (Phi) is 5.20. The highest BCUT2D eigenvalue weighted by molar-refractivity contribution is 5.81. The van der Waals surface area contributed by atoms with Gasteiger partial charge >= 0.3 is 0 Å². The summed E-state index contributed by atoms with van der Waals surface area (Å²) in [5.74, 6) is 1.43. The number of benzene rings is 1. The van der Waals surface area contributed by atoms with Gasteiger partial charge in [0.25, 0.3) is 0 Å². The van der Waals surface area contributed by atoms with Crippen molar-refractivity contribution in [1.29, 1.82) is 0 Å². The van der Waals surface area contributed by atoms with Crippen LogP contribution < -0.4 is 14.8 Å². The molecule has 0 aliphatic carbocycles. The third kappa shape index (κ3) is 3.97. The van der Waals surface area contributed by atoms with E-state index in [-0.39, 0.29) is 31.0 Å². The lowest BCUT2D eigenvalue weighted by Gasteiger charge is -2.32. The van der Waals surface area contributed by atoms with Gasteiger partial charge in [-0.25, -0.2) is 0 Å². The van der Waals surface area contributed by atoms with Gasteiger partial charge in [0.05, 0.1) is 19.6 Å². The smallest absolute Gasteiger partial charge is 0.236 e. The van der Waals surface area contributed by atoms with Gasteiger partial charge in [-0.05, 0) is 19.1 Å². The Morgan fingerprint density at radius 2 is 2.17 bits per heavy atom. The highest BCUT2D eigenvalue weighted by Crippen LogP contribution is 2.30. The molecule has 3 rings (SSSR count). The zero-order chi connectivity index (χ0) is 16.9. The van der Waals surface area contributed by atoms with Crippen molar-refractivity contribution in [2.75, 3.05) is 45.9 Å². The number of carbonyl (C=O) groups is 2. The van der Waals surface area contributed by atoms with Crippen molar-refractivity contribution in [3.8, 4) is 11.5 Å². The number of amides is 2. The Bertz CT molecular complexity index is 607. The van der Waals surface area contributed by atoms with E-state index in [0.717, 1.165) is 5.75 Å². The number of likely N-dealkylation sites (N-methyl/N-ethyl adjacent to an activating group) is 1. The number of carbonyl (C=O) groups excluding carboxylic acids is 2. The van der Waals surface area contributed by atoms with Gasteiger partial charge in [-0.15, -0.1) is 0 Å². The molecule has 24 heavy (non-hydrogen) atoms. The van der Waals surface area contributed by atoms with Crippen LogP contribution in [0.5, 0.6) is 11.5 Å². The first-order chi connectivity index (χ1) is 11.7. The molecule has 0 radical (unpaired) electrons. The van der Waals surface area contributed by atoms with Gasteiger partial charge in [-0.1, -0.05) is 12.1 Å². The third-order valence-electron chi connectivity index (χ3n) is 4.20. The van der Waals surface area contributed by atoms with Crippen LogP contribution in [0.25, 0.3) is 0 Å². The van der Waals surface area contributed by atoms with Crippen LogP contribution in [-0.2, 0) is 9.59 Å². The molecule has 1 atom stereocenters.